The molecule has 3 rings (SSSR count). The van der Waals surface area contributed by atoms with Crippen LogP contribution in [0.2, 0.25) is 0 Å². The number of aldehydes is 1. The number of aromatic nitrogens is 1. The van der Waals surface area contributed by atoms with Crippen molar-refractivity contribution in [2.24, 2.45) is 5.92 Å². The summed E-state index contributed by atoms with van der Waals surface area (Å²) in [5, 5.41) is 3.70. The van der Waals surface area contributed by atoms with Gasteiger partial charge in [-0.15, -0.1) is 0 Å². The highest BCUT2D eigenvalue weighted by atomic mass is 16.6. The molecule has 1 aromatic heterocycles. The van der Waals surface area contributed by atoms with Crippen LogP contribution in [-0.4, -0.2) is 22.9 Å². The fraction of sp³-hybridized carbons (Fsp3) is 0.421. The van der Waals surface area contributed by atoms with Crippen molar-refractivity contribution in [3.05, 3.63) is 41.6 Å². The third-order valence-electron chi connectivity index (χ3n) is 3.96. The van der Waals surface area contributed by atoms with Gasteiger partial charge in [0.05, 0.1) is 5.52 Å². The molecule has 1 N–H and O–H groups in total. The summed E-state index contributed by atoms with van der Waals surface area (Å²) in [7, 11) is 0. The minimum atomic E-state index is -0.444. The second kappa shape index (κ2) is 6.23. The first-order valence-electron chi connectivity index (χ1n) is 8.20. The number of nitrogens with zero attached hydrogens (tertiary/aromatic N) is 1. The second-order valence-electron chi connectivity index (χ2n) is 7.34. The topological polar surface area (TPSA) is 68.3 Å². The molecule has 0 saturated heterocycles. The lowest BCUT2D eigenvalue weighted by Gasteiger charge is -2.24. The predicted octanol–water partition coefficient (Wildman–Crippen LogP) is 4.02. The maximum atomic E-state index is 12.2. The van der Waals surface area contributed by atoms with Gasteiger partial charge in [0.2, 0.25) is 0 Å². The van der Waals surface area contributed by atoms with Crippen LogP contribution in [0, 0.1) is 5.92 Å². The van der Waals surface area contributed by atoms with Crippen molar-refractivity contribution in [2.75, 3.05) is 0 Å². The molecule has 1 amide bonds. The molecule has 1 atom stereocenters. The highest BCUT2D eigenvalue weighted by Crippen LogP contribution is 2.45. The van der Waals surface area contributed by atoms with Gasteiger partial charge in [-0.25, -0.2) is 4.79 Å². The molecule has 24 heavy (non-hydrogen) atoms. The zero-order chi connectivity index (χ0) is 17.3. The number of hydrogen-bond donors (Lipinski definition) is 1. The monoisotopic (exact) mass is 326 g/mol. The molecule has 1 aliphatic carbocycles. The van der Waals surface area contributed by atoms with E-state index in [1.165, 1.54) is 0 Å². The lowest BCUT2D eigenvalue weighted by Crippen LogP contribution is -2.41. The Kier molecular flexibility index (Phi) is 4.26. The first-order valence-corrected chi connectivity index (χ1v) is 8.20. The van der Waals surface area contributed by atoms with Crippen LogP contribution in [0.3, 0.4) is 0 Å². The van der Waals surface area contributed by atoms with Crippen LogP contribution in [0.15, 0.2) is 30.5 Å². The van der Waals surface area contributed by atoms with E-state index in [0.717, 1.165) is 35.6 Å². The van der Waals surface area contributed by atoms with Crippen molar-refractivity contribution < 1.29 is 14.3 Å². The third-order valence-corrected chi connectivity index (χ3v) is 3.96. The molecule has 2 aromatic rings. The minimum Gasteiger partial charge on any atom is -0.441 e. The Morgan fingerprint density at radius 3 is 2.75 bits per heavy atom. The first kappa shape index (κ1) is 16.4. The molecule has 0 aliphatic heterocycles. The number of carbonyl (C=O) groups excluding carboxylic acids is 2. The molecule has 1 fully saturated rings. The van der Waals surface area contributed by atoms with Gasteiger partial charge in [0.25, 0.3) is 0 Å². The Morgan fingerprint density at radius 1 is 1.38 bits per heavy atom. The molecule has 1 heterocycles. The van der Waals surface area contributed by atoms with E-state index in [2.05, 4.69) is 10.3 Å². The number of nitrogens with one attached hydrogen (secondary N) is 1. The summed E-state index contributed by atoms with van der Waals surface area (Å²) >= 11 is 0. The third kappa shape index (κ3) is 3.72. The SMILES string of the molecule is CC(C)(C)NC(=O)OC(c1cc(C=O)cc2cccnc12)C1CC1. The van der Waals surface area contributed by atoms with Crippen molar-refractivity contribution in [1.29, 1.82) is 0 Å². The molecule has 0 bridgehead atoms. The first-order chi connectivity index (χ1) is 11.4. The zero-order valence-corrected chi connectivity index (χ0v) is 14.2. The fourth-order valence-electron chi connectivity index (χ4n) is 2.79. The maximum Gasteiger partial charge on any atom is 0.408 e. The van der Waals surface area contributed by atoms with Gasteiger partial charge >= 0.3 is 6.09 Å². The molecule has 5 heteroatoms. The average Bonchev–Trinajstić information content (AvgIpc) is 3.34. The van der Waals surface area contributed by atoms with E-state index in [1.807, 2.05) is 32.9 Å². The van der Waals surface area contributed by atoms with Gasteiger partial charge in [0, 0.05) is 34.2 Å². The quantitative estimate of drug-likeness (QED) is 0.862. The molecule has 1 unspecified atom stereocenters. The molecule has 1 saturated carbocycles. The van der Waals surface area contributed by atoms with E-state index < -0.39 is 6.09 Å². The number of pyridine rings is 1. The van der Waals surface area contributed by atoms with E-state index in [0.29, 0.717) is 5.56 Å². The summed E-state index contributed by atoms with van der Waals surface area (Å²) in [6.45, 7) is 5.72. The molecule has 1 aliphatic rings. The summed E-state index contributed by atoms with van der Waals surface area (Å²) in [6, 6.07) is 7.34. The van der Waals surface area contributed by atoms with Crippen LogP contribution >= 0.6 is 0 Å². The zero-order valence-electron chi connectivity index (χ0n) is 14.2. The van der Waals surface area contributed by atoms with Crippen LogP contribution in [0.4, 0.5) is 4.79 Å². The van der Waals surface area contributed by atoms with E-state index in [1.54, 1.807) is 18.3 Å². The molecule has 0 radical (unpaired) electrons. The number of fused-ring (bicyclic) bond motifs is 1. The summed E-state index contributed by atoms with van der Waals surface area (Å²) < 4.78 is 5.74. The van der Waals surface area contributed by atoms with Gasteiger partial charge in [-0.1, -0.05) is 6.07 Å². The number of amides is 1. The number of rotatable bonds is 4. The summed E-state index contributed by atoms with van der Waals surface area (Å²) in [6.07, 6.45) is 3.71. The summed E-state index contributed by atoms with van der Waals surface area (Å²) in [4.78, 5) is 28.0. The Hall–Kier alpha value is -2.43. The largest absolute Gasteiger partial charge is 0.441 e. The van der Waals surface area contributed by atoms with E-state index >= 15 is 0 Å². The predicted molar refractivity (Wildman–Crippen MR) is 92.0 cm³/mol. The van der Waals surface area contributed by atoms with Crippen LogP contribution < -0.4 is 5.32 Å². The summed E-state index contributed by atoms with van der Waals surface area (Å²) in [5.74, 6) is 0.280. The van der Waals surface area contributed by atoms with Crippen molar-refractivity contribution in [3.8, 4) is 0 Å². The van der Waals surface area contributed by atoms with E-state index in [-0.39, 0.29) is 17.6 Å². The molecular weight excluding hydrogens is 304 g/mol. The number of alkyl carbamates (subject to hydrolysis) is 1. The maximum absolute atomic E-state index is 12.2. The molecule has 0 spiro atoms. The van der Waals surface area contributed by atoms with Crippen molar-refractivity contribution in [2.45, 2.75) is 45.3 Å². The standard InChI is InChI=1S/C19H22N2O3/c1-19(2,3)21-18(23)24-17(13-6-7-13)15-10-12(11-22)9-14-5-4-8-20-16(14)15/h4-5,8-11,13,17H,6-7H2,1-3H3,(H,21,23). The Morgan fingerprint density at radius 2 is 2.12 bits per heavy atom. The highest BCUT2D eigenvalue weighted by Gasteiger charge is 2.37. The van der Waals surface area contributed by atoms with E-state index in [9.17, 15) is 9.59 Å². The van der Waals surface area contributed by atoms with Gasteiger partial charge in [-0.3, -0.25) is 9.78 Å². The fourth-order valence-corrected chi connectivity index (χ4v) is 2.79. The Bertz CT molecular complexity index is 776. The second-order valence-corrected chi connectivity index (χ2v) is 7.34. The Balaban J connectivity index is 1.98. The van der Waals surface area contributed by atoms with Crippen LogP contribution in [0.5, 0.6) is 0 Å². The van der Waals surface area contributed by atoms with Gasteiger partial charge in [-0.05, 0) is 51.8 Å². The molecular formula is C19H22N2O3. The summed E-state index contributed by atoms with van der Waals surface area (Å²) in [5.41, 5.74) is 1.79. The molecule has 126 valence electrons. The average molecular weight is 326 g/mol. The van der Waals surface area contributed by atoms with Crippen molar-refractivity contribution >= 4 is 23.3 Å². The van der Waals surface area contributed by atoms with Crippen molar-refractivity contribution in [3.63, 3.8) is 0 Å². The van der Waals surface area contributed by atoms with E-state index in [4.69, 9.17) is 4.74 Å². The van der Waals surface area contributed by atoms with Crippen LogP contribution in [-0.2, 0) is 4.74 Å². The van der Waals surface area contributed by atoms with Gasteiger partial charge in [0.1, 0.15) is 12.4 Å². The normalized spacial score (nSPS) is 15.8. The molecule has 1 aromatic carbocycles. The molecule has 5 nitrogen and oxygen atoms in total. The smallest absolute Gasteiger partial charge is 0.408 e. The van der Waals surface area contributed by atoms with Crippen molar-refractivity contribution in [1.82, 2.24) is 10.3 Å². The number of ether oxygens (including phenoxy) is 1. The van der Waals surface area contributed by atoms with Crippen LogP contribution in [0.1, 0.15) is 55.6 Å². The number of hydrogen-bond acceptors (Lipinski definition) is 4. The highest BCUT2D eigenvalue weighted by molar-refractivity contribution is 5.89. The van der Waals surface area contributed by atoms with Gasteiger partial charge in [0.15, 0.2) is 0 Å². The Labute approximate surface area is 141 Å². The van der Waals surface area contributed by atoms with Crippen LogP contribution in [0.25, 0.3) is 10.9 Å². The number of benzene rings is 1. The minimum absolute atomic E-state index is 0.280. The number of carbonyl (C=O) groups is 2. The lowest BCUT2D eigenvalue weighted by atomic mass is 9.98. The van der Waals surface area contributed by atoms with Gasteiger partial charge in [-0.2, -0.15) is 0 Å². The lowest BCUT2D eigenvalue weighted by molar-refractivity contribution is 0.0798. The van der Waals surface area contributed by atoms with Gasteiger partial charge < -0.3 is 10.1 Å².